The van der Waals surface area contributed by atoms with Crippen LogP contribution in [0.25, 0.3) is 17.1 Å². The van der Waals surface area contributed by atoms with Gasteiger partial charge in [-0.15, -0.1) is 10.2 Å². The molecule has 0 aliphatic heterocycles. The van der Waals surface area contributed by atoms with Crippen molar-refractivity contribution < 1.29 is 14.3 Å². The van der Waals surface area contributed by atoms with Crippen molar-refractivity contribution in [2.24, 2.45) is 0 Å². The van der Waals surface area contributed by atoms with Crippen LogP contribution in [0.2, 0.25) is 0 Å². The summed E-state index contributed by atoms with van der Waals surface area (Å²) < 4.78 is 9.01. The lowest BCUT2D eigenvalue weighted by atomic mass is 10.2. The molecule has 0 atom stereocenters. The molecular weight excluding hydrogens is 346 g/mol. The largest absolute Gasteiger partial charge is 0.480 e. The van der Waals surface area contributed by atoms with E-state index in [1.165, 1.54) is 10.9 Å². The van der Waals surface area contributed by atoms with E-state index in [9.17, 15) is 4.79 Å². The lowest BCUT2D eigenvalue weighted by Crippen LogP contribution is -2.12. The number of furan rings is 1. The predicted octanol–water partition coefficient (Wildman–Crippen LogP) is 2.59. The smallest absolute Gasteiger partial charge is 0.323 e. The summed E-state index contributed by atoms with van der Waals surface area (Å²) in [5.41, 5.74) is 1.73. The number of hydrogen-bond acceptors (Lipinski definition) is 5. The summed E-state index contributed by atoms with van der Waals surface area (Å²) in [5, 5.41) is 16.9. The van der Waals surface area contributed by atoms with Crippen LogP contribution in [0.15, 0.2) is 65.7 Å². The summed E-state index contributed by atoms with van der Waals surface area (Å²) in [6, 6.07) is 13.6. The number of imidazole rings is 1. The zero-order valence-electron chi connectivity index (χ0n) is 14.4. The van der Waals surface area contributed by atoms with Crippen molar-refractivity contribution in [1.29, 1.82) is 0 Å². The van der Waals surface area contributed by atoms with Gasteiger partial charge in [-0.3, -0.25) is 4.79 Å². The number of nitrogens with zero attached hydrogens (tertiary/aromatic N) is 5. The Morgan fingerprint density at radius 1 is 1.07 bits per heavy atom. The Morgan fingerprint density at radius 2 is 1.89 bits per heavy atom. The lowest BCUT2D eigenvalue weighted by Gasteiger charge is -2.08. The highest BCUT2D eigenvalue weighted by Crippen LogP contribution is 2.22. The number of rotatable bonds is 7. The molecule has 136 valence electrons. The van der Waals surface area contributed by atoms with Gasteiger partial charge in [0.2, 0.25) is 0 Å². The molecule has 0 saturated carbocycles. The first-order valence-electron chi connectivity index (χ1n) is 8.47. The summed E-state index contributed by atoms with van der Waals surface area (Å²) in [5.74, 6) is 1.21. The highest BCUT2D eigenvalue weighted by Gasteiger charge is 2.15. The van der Waals surface area contributed by atoms with Crippen molar-refractivity contribution in [3.8, 4) is 17.1 Å². The molecule has 4 rings (SSSR count). The Morgan fingerprint density at radius 3 is 2.63 bits per heavy atom. The zero-order valence-corrected chi connectivity index (χ0v) is 14.4. The molecule has 0 amide bonds. The van der Waals surface area contributed by atoms with Crippen molar-refractivity contribution >= 4 is 5.97 Å². The average Bonchev–Trinajstić information content (AvgIpc) is 3.41. The first-order valence-corrected chi connectivity index (χ1v) is 8.47. The van der Waals surface area contributed by atoms with E-state index in [0.717, 1.165) is 17.2 Å². The maximum atomic E-state index is 11.0. The van der Waals surface area contributed by atoms with Gasteiger partial charge in [0.05, 0.1) is 6.26 Å². The number of para-hydroxylation sites is 1. The van der Waals surface area contributed by atoms with Gasteiger partial charge < -0.3 is 18.7 Å². The van der Waals surface area contributed by atoms with Crippen LogP contribution in [0.1, 0.15) is 11.6 Å². The van der Waals surface area contributed by atoms with Gasteiger partial charge in [-0.2, -0.15) is 0 Å². The normalized spacial score (nSPS) is 11.0. The van der Waals surface area contributed by atoms with Crippen LogP contribution >= 0.6 is 0 Å². The summed E-state index contributed by atoms with van der Waals surface area (Å²) in [6.45, 7) is -0.160. The molecule has 0 unspecified atom stereocenters. The summed E-state index contributed by atoms with van der Waals surface area (Å²) in [6.07, 6.45) is 6.08. The van der Waals surface area contributed by atoms with Crippen molar-refractivity contribution in [2.45, 2.75) is 19.4 Å². The quantitative estimate of drug-likeness (QED) is 0.542. The van der Waals surface area contributed by atoms with Gasteiger partial charge in [-0.25, -0.2) is 4.98 Å². The summed E-state index contributed by atoms with van der Waals surface area (Å²) >= 11 is 0. The molecule has 3 aromatic heterocycles. The highest BCUT2D eigenvalue weighted by molar-refractivity contribution is 5.66. The number of hydrogen-bond donors (Lipinski definition) is 1. The molecule has 8 nitrogen and oxygen atoms in total. The second-order valence-corrected chi connectivity index (χ2v) is 5.99. The van der Waals surface area contributed by atoms with Crippen molar-refractivity contribution in [2.75, 3.05) is 0 Å². The molecule has 0 aliphatic carbocycles. The van der Waals surface area contributed by atoms with Gasteiger partial charge in [0.25, 0.3) is 0 Å². The van der Waals surface area contributed by atoms with Gasteiger partial charge >= 0.3 is 5.97 Å². The molecule has 1 N–H and O–H groups in total. The Kier molecular flexibility index (Phi) is 4.52. The summed E-state index contributed by atoms with van der Waals surface area (Å²) in [4.78, 5) is 15.7. The minimum absolute atomic E-state index is 0.160. The third-order valence-corrected chi connectivity index (χ3v) is 4.16. The Labute approximate surface area is 154 Å². The summed E-state index contributed by atoms with van der Waals surface area (Å²) in [7, 11) is 0. The van der Waals surface area contributed by atoms with Crippen LogP contribution < -0.4 is 0 Å². The minimum atomic E-state index is -0.929. The van der Waals surface area contributed by atoms with Gasteiger partial charge in [-0.1, -0.05) is 18.2 Å². The number of carbonyl (C=O) groups is 1. The SMILES string of the molecule is O=C(O)Cn1cnnc1CCc1nc(-c2ccco2)cn1-c1ccccc1. The second kappa shape index (κ2) is 7.28. The molecule has 8 heteroatoms. The third-order valence-electron chi connectivity index (χ3n) is 4.16. The number of benzene rings is 1. The Hall–Kier alpha value is -3.68. The third kappa shape index (κ3) is 3.64. The van der Waals surface area contributed by atoms with Crippen molar-refractivity contribution in [3.05, 3.63) is 72.9 Å². The average molecular weight is 363 g/mol. The number of aliphatic carboxylic acids is 1. The van der Waals surface area contributed by atoms with Crippen LogP contribution in [0.4, 0.5) is 0 Å². The van der Waals surface area contributed by atoms with E-state index in [1.54, 1.807) is 6.26 Å². The molecule has 27 heavy (non-hydrogen) atoms. The van der Waals surface area contributed by atoms with E-state index < -0.39 is 5.97 Å². The zero-order chi connectivity index (χ0) is 18.6. The molecule has 0 spiro atoms. The first-order chi connectivity index (χ1) is 13.2. The molecular formula is C19H17N5O3. The van der Waals surface area contributed by atoms with Crippen LogP contribution in [-0.2, 0) is 24.2 Å². The van der Waals surface area contributed by atoms with Gasteiger partial charge in [0, 0.05) is 24.7 Å². The predicted molar refractivity (Wildman–Crippen MR) is 96.3 cm³/mol. The van der Waals surface area contributed by atoms with Gasteiger partial charge in [0.1, 0.15) is 30.2 Å². The van der Waals surface area contributed by atoms with E-state index in [0.29, 0.717) is 24.4 Å². The van der Waals surface area contributed by atoms with Crippen LogP contribution in [-0.4, -0.2) is 35.4 Å². The number of aryl methyl sites for hydroxylation is 2. The number of carboxylic acids is 1. The number of aromatic nitrogens is 5. The molecule has 3 heterocycles. The second-order valence-electron chi connectivity index (χ2n) is 5.99. The standard InChI is InChI=1S/C19H17N5O3/c25-19(26)12-23-13-20-22-18(23)9-8-17-21-15(16-7-4-10-27-16)11-24(17)14-5-2-1-3-6-14/h1-7,10-11,13H,8-9,12H2,(H,25,26). The fraction of sp³-hybridized carbons (Fsp3) is 0.158. The maximum absolute atomic E-state index is 11.0. The van der Waals surface area contributed by atoms with Gasteiger partial charge in [0.15, 0.2) is 5.76 Å². The molecule has 0 fully saturated rings. The van der Waals surface area contributed by atoms with Crippen molar-refractivity contribution in [1.82, 2.24) is 24.3 Å². The van der Waals surface area contributed by atoms with E-state index in [4.69, 9.17) is 14.5 Å². The molecule has 1 aromatic carbocycles. The molecule has 0 aliphatic rings. The van der Waals surface area contributed by atoms with E-state index in [2.05, 4.69) is 10.2 Å². The highest BCUT2D eigenvalue weighted by atomic mass is 16.4. The van der Waals surface area contributed by atoms with Crippen LogP contribution in [0.3, 0.4) is 0 Å². The van der Waals surface area contributed by atoms with E-state index >= 15 is 0 Å². The molecule has 0 radical (unpaired) electrons. The number of carboxylic acid groups (broad SMARTS) is 1. The van der Waals surface area contributed by atoms with E-state index in [-0.39, 0.29) is 6.54 Å². The minimum Gasteiger partial charge on any atom is -0.480 e. The monoisotopic (exact) mass is 363 g/mol. The van der Waals surface area contributed by atoms with Gasteiger partial charge in [-0.05, 0) is 24.3 Å². The van der Waals surface area contributed by atoms with E-state index in [1.807, 2.05) is 53.2 Å². The molecule has 0 bridgehead atoms. The van der Waals surface area contributed by atoms with Crippen LogP contribution in [0, 0.1) is 0 Å². The Bertz CT molecular complexity index is 1030. The fourth-order valence-electron chi connectivity index (χ4n) is 2.92. The van der Waals surface area contributed by atoms with Crippen molar-refractivity contribution in [3.63, 3.8) is 0 Å². The maximum Gasteiger partial charge on any atom is 0.323 e. The molecule has 0 saturated heterocycles. The Balaban J connectivity index is 1.63. The first kappa shape index (κ1) is 16.8. The lowest BCUT2D eigenvalue weighted by molar-refractivity contribution is -0.137. The fourth-order valence-corrected chi connectivity index (χ4v) is 2.92. The van der Waals surface area contributed by atoms with Crippen LogP contribution in [0.5, 0.6) is 0 Å². The molecule has 4 aromatic rings. The topological polar surface area (TPSA) is 99.0 Å².